The zero-order valence-corrected chi connectivity index (χ0v) is 8.92. The molecule has 0 unspecified atom stereocenters. The Morgan fingerprint density at radius 3 is 2.50 bits per heavy atom. The van der Waals surface area contributed by atoms with Gasteiger partial charge in [-0.05, 0) is 19.3 Å². The fraction of sp³-hybridized carbons (Fsp3) is 0.727. The lowest BCUT2D eigenvalue weighted by atomic mass is 10.2. The van der Waals surface area contributed by atoms with E-state index in [9.17, 15) is 4.79 Å². The maximum absolute atomic E-state index is 10.4. The minimum Gasteiger partial charge on any atom is -0.478 e. The third-order valence-electron chi connectivity index (χ3n) is 1.96. The van der Waals surface area contributed by atoms with Crippen molar-refractivity contribution in [3.63, 3.8) is 0 Å². The Morgan fingerprint density at radius 1 is 1.29 bits per heavy atom. The second-order valence-corrected chi connectivity index (χ2v) is 3.33. The number of ether oxygens (including phenoxy) is 1. The van der Waals surface area contributed by atoms with Gasteiger partial charge in [0.2, 0.25) is 0 Å². The lowest BCUT2D eigenvalue weighted by molar-refractivity contribution is -0.132. The number of carboxylic acids is 1. The van der Waals surface area contributed by atoms with Gasteiger partial charge in [0.1, 0.15) is 0 Å². The van der Waals surface area contributed by atoms with Crippen LogP contribution in [0.5, 0.6) is 0 Å². The van der Waals surface area contributed by atoms with E-state index in [1.54, 1.807) is 0 Å². The van der Waals surface area contributed by atoms with Crippen molar-refractivity contribution in [3.8, 4) is 0 Å². The van der Waals surface area contributed by atoms with Crippen LogP contribution in [-0.2, 0) is 9.53 Å². The van der Waals surface area contributed by atoms with Gasteiger partial charge >= 0.3 is 5.97 Å². The van der Waals surface area contributed by atoms with Gasteiger partial charge in [-0.3, -0.25) is 0 Å². The molecule has 3 nitrogen and oxygen atoms in total. The molecule has 82 valence electrons. The minimum atomic E-state index is -0.906. The average Bonchev–Trinajstić information content (AvgIpc) is 2.16. The maximum Gasteiger partial charge on any atom is 0.330 e. The summed E-state index contributed by atoms with van der Waals surface area (Å²) in [6.45, 7) is 7.02. The van der Waals surface area contributed by atoms with Crippen molar-refractivity contribution in [3.05, 3.63) is 12.2 Å². The summed E-state index contributed by atoms with van der Waals surface area (Å²) in [5.74, 6) is -0.906. The largest absolute Gasteiger partial charge is 0.478 e. The van der Waals surface area contributed by atoms with Gasteiger partial charge in [-0.25, -0.2) is 4.79 Å². The smallest absolute Gasteiger partial charge is 0.330 e. The molecule has 14 heavy (non-hydrogen) atoms. The predicted octanol–water partition coefficient (Wildman–Crippen LogP) is 2.61. The highest BCUT2D eigenvalue weighted by molar-refractivity contribution is 5.85. The van der Waals surface area contributed by atoms with E-state index in [0.29, 0.717) is 13.0 Å². The molecule has 1 N–H and O–H groups in total. The molecule has 0 saturated carbocycles. The van der Waals surface area contributed by atoms with Gasteiger partial charge in [0.05, 0.1) is 0 Å². The van der Waals surface area contributed by atoms with Gasteiger partial charge in [-0.1, -0.05) is 26.3 Å². The summed E-state index contributed by atoms with van der Waals surface area (Å²) < 4.78 is 5.33. The topological polar surface area (TPSA) is 46.5 Å². The van der Waals surface area contributed by atoms with Crippen LogP contribution in [0.3, 0.4) is 0 Å². The minimum absolute atomic E-state index is 0.266. The van der Waals surface area contributed by atoms with Crippen LogP contribution in [0.2, 0.25) is 0 Å². The molecule has 0 aromatic rings. The Balaban J connectivity index is 3.13. The molecule has 0 saturated heterocycles. The molecule has 0 heterocycles. The fourth-order valence-corrected chi connectivity index (χ4v) is 1.05. The van der Waals surface area contributed by atoms with Crippen LogP contribution in [0, 0.1) is 0 Å². The van der Waals surface area contributed by atoms with Gasteiger partial charge in [0.25, 0.3) is 0 Å². The number of carboxylic acid groups (broad SMARTS) is 1. The Labute approximate surface area is 85.8 Å². The maximum atomic E-state index is 10.4. The molecule has 0 aliphatic rings. The zero-order valence-electron chi connectivity index (χ0n) is 8.92. The van der Waals surface area contributed by atoms with Crippen LogP contribution in [-0.4, -0.2) is 24.3 Å². The fourth-order valence-electron chi connectivity index (χ4n) is 1.05. The Morgan fingerprint density at radius 2 is 1.93 bits per heavy atom. The molecule has 0 aliphatic carbocycles. The number of aliphatic carboxylic acids is 1. The SMILES string of the molecule is C=C(CCCOCCCCC)C(=O)O. The highest BCUT2D eigenvalue weighted by Gasteiger charge is 2.02. The first kappa shape index (κ1) is 13.2. The molecule has 0 aromatic carbocycles. The second kappa shape index (κ2) is 8.75. The first-order valence-corrected chi connectivity index (χ1v) is 5.17. The zero-order chi connectivity index (χ0) is 10.8. The van der Waals surface area contributed by atoms with E-state index >= 15 is 0 Å². The van der Waals surface area contributed by atoms with Gasteiger partial charge in [0, 0.05) is 18.8 Å². The molecule has 0 fully saturated rings. The van der Waals surface area contributed by atoms with E-state index in [2.05, 4.69) is 13.5 Å². The lowest BCUT2D eigenvalue weighted by Crippen LogP contribution is -2.02. The van der Waals surface area contributed by atoms with Crippen molar-refractivity contribution in [1.82, 2.24) is 0 Å². The van der Waals surface area contributed by atoms with E-state index in [-0.39, 0.29) is 5.57 Å². The summed E-state index contributed by atoms with van der Waals surface area (Å²) in [6.07, 6.45) is 4.75. The van der Waals surface area contributed by atoms with Gasteiger partial charge in [0.15, 0.2) is 0 Å². The average molecular weight is 200 g/mol. The number of rotatable bonds is 9. The summed E-state index contributed by atoms with van der Waals surface area (Å²) >= 11 is 0. The molecule has 0 amide bonds. The molecule has 0 atom stereocenters. The third kappa shape index (κ3) is 7.80. The van der Waals surface area contributed by atoms with E-state index in [1.807, 2.05) is 0 Å². The highest BCUT2D eigenvalue weighted by Crippen LogP contribution is 2.03. The van der Waals surface area contributed by atoms with E-state index < -0.39 is 5.97 Å². The van der Waals surface area contributed by atoms with Crippen molar-refractivity contribution < 1.29 is 14.6 Å². The molecule has 3 heteroatoms. The van der Waals surface area contributed by atoms with Crippen LogP contribution < -0.4 is 0 Å². The Hall–Kier alpha value is -0.830. The van der Waals surface area contributed by atoms with Crippen LogP contribution in [0.1, 0.15) is 39.0 Å². The second-order valence-electron chi connectivity index (χ2n) is 3.33. The van der Waals surface area contributed by atoms with Crippen molar-refractivity contribution >= 4 is 5.97 Å². The summed E-state index contributed by atoms with van der Waals surface area (Å²) in [4.78, 5) is 10.4. The monoisotopic (exact) mass is 200 g/mol. The van der Waals surface area contributed by atoms with Gasteiger partial charge < -0.3 is 9.84 Å². The number of unbranched alkanes of at least 4 members (excludes halogenated alkanes) is 2. The van der Waals surface area contributed by atoms with E-state index in [4.69, 9.17) is 9.84 Å². The third-order valence-corrected chi connectivity index (χ3v) is 1.96. The van der Waals surface area contributed by atoms with Crippen LogP contribution >= 0.6 is 0 Å². The summed E-state index contributed by atoms with van der Waals surface area (Å²) in [7, 11) is 0. The Kier molecular flexibility index (Phi) is 8.24. The number of carbonyl (C=O) groups is 1. The van der Waals surface area contributed by atoms with E-state index in [0.717, 1.165) is 19.4 Å². The molecule has 0 aliphatic heterocycles. The van der Waals surface area contributed by atoms with Crippen molar-refractivity contribution in [2.45, 2.75) is 39.0 Å². The summed E-state index contributed by atoms with van der Waals surface area (Å²) in [5.41, 5.74) is 0.266. The van der Waals surface area contributed by atoms with Crippen LogP contribution in [0.4, 0.5) is 0 Å². The molecule has 0 spiro atoms. The van der Waals surface area contributed by atoms with Gasteiger partial charge in [-0.2, -0.15) is 0 Å². The van der Waals surface area contributed by atoms with Crippen molar-refractivity contribution in [2.24, 2.45) is 0 Å². The first-order chi connectivity index (χ1) is 6.68. The predicted molar refractivity (Wildman–Crippen MR) is 56.4 cm³/mol. The highest BCUT2D eigenvalue weighted by atomic mass is 16.5. The van der Waals surface area contributed by atoms with Crippen LogP contribution in [0.15, 0.2) is 12.2 Å². The molecular weight excluding hydrogens is 180 g/mol. The molecular formula is C11H20O3. The van der Waals surface area contributed by atoms with Gasteiger partial charge in [-0.15, -0.1) is 0 Å². The molecule has 0 bridgehead atoms. The Bertz CT molecular complexity index is 175. The normalized spacial score (nSPS) is 10.1. The number of hydrogen-bond donors (Lipinski definition) is 1. The lowest BCUT2D eigenvalue weighted by Gasteiger charge is -2.03. The molecule has 0 radical (unpaired) electrons. The first-order valence-electron chi connectivity index (χ1n) is 5.17. The van der Waals surface area contributed by atoms with Crippen molar-refractivity contribution in [2.75, 3.05) is 13.2 Å². The number of hydrogen-bond acceptors (Lipinski definition) is 2. The van der Waals surface area contributed by atoms with Crippen LogP contribution in [0.25, 0.3) is 0 Å². The summed E-state index contributed by atoms with van der Waals surface area (Å²) in [5, 5.41) is 8.51. The van der Waals surface area contributed by atoms with Crippen molar-refractivity contribution in [1.29, 1.82) is 0 Å². The molecule has 0 rings (SSSR count). The standard InChI is InChI=1S/C11H20O3/c1-3-4-5-8-14-9-6-7-10(2)11(12)13/h2-9H2,1H3,(H,12,13). The van der Waals surface area contributed by atoms with E-state index in [1.165, 1.54) is 12.8 Å². The summed E-state index contributed by atoms with van der Waals surface area (Å²) in [6, 6.07) is 0. The molecule has 0 aromatic heterocycles. The quantitative estimate of drug-likeness (QED) is 0.459.